The minimum Gasteiger partial charge on any atom is -0.307 e. The molecule has 0 aliphatic rings. The predicted molar refractivity (Wildman–Crippen MR) is 217 cm³/mol. The lowest BCUT2D eigenvalue weighted by Gasteiger charge is -2.23. The van der Waals surface area contributed by atoms with Gasteiger partial charge >= 0.3 is 0 Å². The Bertz CT molecular complexity index is 2700. The number of para-hydroxylation sites is 3. The van der Waals surface area contributed by atoms with Crippen LogP contribution in [0.3, 0.4) is 0 Å². The van der Waals surface area contributed by atoms with Gasteiger partial charge in [-0.2, -0.15) is 0 Å². The van der Waals surface area contributed by atoms with Crippen molar-refractivity contribution >= 4 is 33.1 Å². The molecule has 0 N–H and O–H groups in total. The van der Waals surface area contributed by atoms with Gasteiger partial charge in [0.15, 0.2) is 5.82 Å². The van der Waals surface area contributed by atoms with E-state index in [1.807, 2.05) is 6.20 Å². The fourth-order valence-electron chi connectivity index (χ4n) is 7.48. The molecule has 0 bridgehead atoms. The van der Waals surface area contributed by atoms with E-state index in [1.165, 1.54) is 21.2 Å². The molecule has 0 radical (unpaired) electrons. The molecule has 0 saturated carbocycles. The van der Waals surface area contributed by atoms with E-state index >= 15 is 0 Å². The van der Waals surface area contributed by atoms with Gasteiger partial charge in [-0.25, -0.2) is 4.98 Å². The first-order valence-electron chi connectivity index (χ1n) is 17.5. The van der Waals surface area contributed by atoms with Gasteiger partial charge < -0.3 is 9.13 Å². The highest BCUT2D eigenvalue weighted by Crippen LogP contribution is 2.42. The molecule has 0 amide bonds. The number of hydrogen-bond donors (Lipinski definition) is 0. The van der Waals surface area contributed by atoms with Crippen molar-refractivity contribution in [1.29, 1.82) is 0 Å². The van der Waals surface area contributed by atoms with E-state index in [9.17, 15) is 0 Å². The molecule has 52 heavy (non-hydrogen) atoms. The molecule has 4 heterocycles. The third-order valence-electron chi connectivity index (χ3n) is 9.80. The summed E-state index contributed by atoms with van der Waals surface area (Å²) < 4.78 is 7.13. The quantitative estimate of drug-likeness (QED) is 0.164. The average molecular weight is 685 g/mol. The van der Waals surface area contributed by atoms with E-state index in [-0.39, 0.29) is 0 Å². The highest BCUT2D eigenvalue weighted by Gasteiger charge is 2.24. The zero-order valence-electron chi connectivity index (χ0n) is 28.2. The Morgan fingerprint density at radius 3 is 1.46 bits per heavy atom. The van der Waals surface area contributed by atoms with Crippen LogP contribution >= 0.6 is 11.3 Å². The lowest BCUT2D eigenvalue weighted by atomic mass is 10.1. The molecule has 0 unspecified atom stereocenters. The molecule has 5 heteroatoms. The molecule has 246 valence electrons. The number of hydrogen-bond acceptors (Lipinski definition) is 2. The van der Waals surface area contributed by atoms with Gasteiger partial charge in [0.2, 0.25) is 0 Å². The van der Waals surface area contributed by atoms with Gasteiger partial charge in [0.05, 0.1) is 44.4 Å². The summed E-state index contributed by atoms with van der Waals surface area (Å²) in [4.78, 5) is 7.37. The maximum Gasteiger partial charge on any atom is 0.154 e. The first kappa shape index (κ1) is 30.2. The van der Waals surface area contributed by atoms with Crippen molar-refractivity contribution in [3.63, 3.8) is 0 Å². The van der Waals surface area contributed by atoms with Crippen molar-refractivity contribution < 1.29 is 0 Å². The number of thiophene rings is 1. The lowest BCUT2D eigenvalue weighted by molar-refractivity contribution is 0.988. The van der Waals surface area contributed by atoms with Crippen LogP contribution in [0.4, 0.5) is 0 Å². The molecular weight excluding hydrogens is 653 g/mol. The van der Waals surface area contributed by atoms with Gasteiger partial charge in [0, 0.05) is 28.0 Å². The van der Waals surface area contributed by atoms with E-state index in [0.717, 1.165) is 61.3 Å². The molecule has 4 nitrogen and oxygen atoms in total. The van der Waals surface area contributed by atoms with Crippen LogP contribution in [0.25, 0.3) is 82.5 Å². The van der Waals surface area contributed by atoms with Crippen molar-refractivity contribution in [2.24, 2.45) is 0 Å². The van der Waals surface area contributed by atoms with Crippen molar-refractivity contribution in [1.82, 2.24) is 18.7 Å². The number of imidazole rings is 1. The summed E-state index contributed by atoms with van der Waals surface area (Å²) in [6.07, 6.45) is 4.04. The monoisotopic (exact) mass is 684 g/mol. The first-order chi connectivity index (χ1) is 25.8. The largest absolute Gasteiger partial charge is 0.307 e. The SMILES string of the molecule is c1ccc(-c2ccc(-c3nccn3-c3c(-n4c(-c5ccccc5)cc5ccccc54)cccc3-n3c(-c4ccccc4)cc4ccccc43)s2)cc1. The molecule has 0 saturated heterocycles. The Kier molecular flexibility index (Phi) is 7.29. The lowest BCUT2D eigenvalue weighted by Crippen LogP contribution is -2.10. The van der Waals surface area contributed by atoms with Crippen LogP contribution in [-0.2, 0) is 0 Å². The summed E-state index contributed by atoms with van der Waals surface area (Å²) in [6.45, 7) is 0. The maximum atomic E-state index is 5.06. The van der Waals surface area contributed by atoms with Crippen LogP contribution in [0.15, 0.2) is 194 Å². The van der Waals surface area contributed by atoms with Gasteiger partial charge in [-0.05, 0) is 65.2 Å². The average Bonchev–Trinajstić information content (AvgIpc) is 4.03. The number of nitrogens with zero attached hydrogens (tertiary/aromatic N) is 4. The fourth-order valence-corrected chi connectivity index (χ4v) is 8.49. The van der Waals surface area contributed by atoms with E-state index < -0.39 is 0 Å². The molecule has 0 fully saturated rings. The third-order valence-corrected chi connectivity index (χ3v) is 10.9. The first-order valence-corrected chi connectivity index (χ1v) is 18.3. The molecule has 4 aromatic heterocycles. The molecule has 0 aliphatic carbocycles. The van der Waals surface area contributed by atoms with Crippen LogP contribution in [0.1, 0.15) is 0 Å². The smallest absolute Gasteiger partial charge is 0.154 e. The zero-order valence-corrected chi connectivity index (χ0v) is 29.0. The molecule has 0 spiro atoms. The van der Waals surface area contributed by atoms with E-state index in [2.05, 4.69) is 202 Å². The highest BCUT2D eigenvalue weighted by atomic mass is 32.1. The van der Waals surface area contributed by atoms with Crippen LogP contribution in [-0.4, -0.2) is 18.7 Å². The van der Waals surface area contributed by atoms with Gasteiger partial charge in [-0.15, -0.1) is 11.3 Å². The minimum atomic E-state index is 0.899. The van der Waals surface area contributed by atoms with Gasteiger partial charge in [-0.3, -0.25) is 4.57 Å². The molecule has 10 rings (SSSR count). The number of fused-ring (bicyclic) bond motifs is 2. The van der Waals surface area contributed by atoms with Crippen molar-refractivity contribution in [3.8, 4) is 60.7 Å². The molecule has 0 aliphatic heterocycles. The molecule has 0 atom stereocenters. The Hall–Kier alpha value is -6.69. The number of aromatic nitrogens is 4. The maximum absolute atomic E-state index is 5.06. The van der Waals surface area contributed by atoms with Gasteiger partial charge in [0.25, 0.3) is 0 Å². The van der Waals surface area contributed by atoms with Crippen LogP contribution in [0.5, 0.6) is 0 Å². The Morgan fingerprint density at radius 1 is 0.423 bits per heavy atom. The van der Waals surface area contributed by atoms with E-state index in [4.69, 9.17) is 4.98 Å². The van der Waals surface area contributed by atoms with Gasteiger partial charge in [-0.1, -0.05) is 133 Å². The predicted octanol–water partition coefficient (Wildman–Crippen LogP) is 12.5. The van der Waals surface area contributed by atoms with E-state index in [0.29, 0.717) is 0 Å². The normalized spacial score (nSPS) is 11.5. The summed E-state index contributed by atoms with van der Waals surface area (Å²) in [7, 11) is 0. The second-order valence-corrected chi connectivity index (χ2v) is 14.0. The Morgan fingerprint density at radius 2 is 0.904 bits per heavy atom. The second kappa shape index (κ2) is 12.6. The van der Waals surface area contributed by atoms with Crippen molar-refractivity contribution in [3.05, 3.63) is 194 Å². The number of benzene rings is 6. The van der Waals surface area contributed by atoms with Gasteiger partial charge in [0.1, 0.15) is 0 Å². The third kappa shape index (κ3) is 5.02. The molecule has 6 aromatic carbocycles. The Balaban J connectivity index is 1.30. The topological polar surface area (TPSA) is 27.7 Å². The summed E-state index contributed by atoms with van der Waals surface area (Å²) in [5, 5.41) is 2.37. The van der Waals surface area contributed by atoms with Crippen LogP contribution in [0, 0.1) is 0 Å². The summed E-state index contributed by atoms with van der Waals surface area (Å²) >= 11 is 1.77. The van der Waals surface area contributed by atoms with Crippen LogP contribution in [0.2, 0.25) is 0 Å². The number of rotatable bonds is 7. The van der Waals surface area contributed by atoms with Crippen LogP contribution < -0.4 is 0 Å². The summed E-state index contributed by atoms with van der Waals surface area (Å²) in [5.41, 5.74) is 11.2. The molecular formula is C47H32N4S. The summed E-state index contributed by atoms with van der Waals surface area (Å²) in [6, 6.07) is 65.0. The second-order valence-electron chi connectivity index (χ2n) is 12.9. The highest BCUT2D eigenvalue weighted by molar-refractivity contribution is 7.18. The van der Waals surface area contributed by atoms with E-state index in [1.54, 1.807) is 11.3 Å². The molecule has 10 aromatic rings. The van der Waals surface area contributed by atoms with Crippen molar-refractivity contribution in [2.45, 2.75) is 0 Å². The minimum absolute atomic E-state index is 0.899. The Labute approximate surface area is 305 Å². The zero-order chi connectivity index (χ0) is 34.4. The van der Waals surface area contributed by atoms with Crippen molar-refractivity contribution in [2.75, 3.05) is 0 Å². The fraction of sp³-hybridized carbons (Fsp3) is 0. The standard InChI is InChI=1S/C47H32N4S/c1-4-15-33(16-5-1)42-31-36-21-10-12-23-38(36)50(42)40-25-14-26-41(51-39-24-13-11-22-37(39)32-43(51)34-17-6-2-7-18-34)46(40)49-30-29-48-47(49)45-28-27-44(52-45)35-19-8-3-9-20-35/h1-32H. The summed E-state index contributed by atoms with van der Waals surface area (Å²) in [5.74, 6) is 0.899.